The highest BCUT2D eigenvalue weighted by atomic mass is 32.2. The molecule has 1 atom stereocenters. The molecule has 0 heterocycles. The molecule has 0 aromatic heterocycles. The number of rotatable bonds is 8. The van der Waals surface area contributed by atoms with E-state index in [-0.39, 0.29) is 11.6 Å². The lowest BCUT2D eigenvalue weighted by Gasteiger charge is -2.21. The zero-order valence-electron chi connectivity index (χ0n) is 13.3. The molecule has 0 aliphatic heterocycles. The molecule has 20 heavy (non-hydrogen) atoms. The van der Waals surface area contributed by atoms with Crippen molar-refractivity contribution in [3.63, 3.8) is 0 Å². The summed E-state index contributed by atoms with van der Waals surface area (Å²) in [4.78, 5) is 1.26. The fourth-order valence-corrected chi connectivity index (χ4v) is 2.96. The summed E-state index contributed by atoms with van der Waals surface area (Å²) >= 11 is 1.88. The van der Waals surface area contributed by atoms with Crippen LogP contribution in [-0.4, -0.2) is 22.9 Å². The van der Waals surface area contributed by atoms with Crippen molar-refractivity contribution in [1.82, 2.24) is 5.32 Å². The van der Waals surface area contributed by atoms with E-state index >= 15 is 0 Å². The van der Waals surface area contributed by atoms with Gasteiger partial charge in [-0.1, -0.05) is 25.5 Å². The molecule has 0 aliphatic rings. The first kappa shape index (κ1) is 17.5. The molecule has 1 aromatic carbocycles. The monoisotopic (exact) mass is 295 g/mol. The second-order valence-electron chi connectivity index (χ2n) is 6.26. The fraction of sp³-hybridized carbons (Fsp3) is 0.647. The third-order valence-electron chi connectivity index (χ3n) is 3.08. The minimum Gasteiger partial charge on any atom is -0.388 e. The summed E-state index contributed by atoms with van der Waals surface area (Å²) < 4.78 is 0. The fourth-order valence-electron chi connectivity index (χ4n) is 1.90. The van der Waals surface area contributed by atoms with Crippen LogP contribution in [0.2, 0.25) is 0 Å². The summed E-state index contributed by atoms with van der Waals surface area (Å²) in [5.41, 5.74) is 1.14. The summed E-state index contributed by atoms with van der Waals surface area (Å²) in [7, 11) is 0. The maximum absolute atomic E-state index is 10.3. The van der Waals surface area contributed by atoms with Gasteiger partial charge in [-0.3, -0.25) is 0 Å². The van der Waals surface area contributed by atoms with Gasteiger partial charge < -0.3 is 10.4 Å². The average molecular weight is 295 g/mol. The summed E-state index contributed by atoms with van der Waals surface area (Å²) in [6, 6.07) is 8.32. The SMILES string of the molecule is CCCCSc1cccc(C(O)CCNC(C)(C)C)c1. The van der Waals surface area contributed by atoms with Gasteiger partial charge in [0, 0.05) is 10.4 Å². The highest BCUT2D eigenvalue weighted by Gasteiger charge is 2.12. The Morgan fingerprint density at radius 3 is 2.70 bits per heavy atom. The molecule has 0 spiro atoms. The van der Waals surface area contributed by atoms with Gasteiger partial charge in [-0.2, -0.15) is 0 Å². The molecule has 0 fully saturated rings. The number of aliphatic hydroxyl groups excluding tert-OH is 1. The van der Waals surface area contributed by atoms with Crippen molar-refractivity contribution in [3.05, 3.63) is 29.8 Å². The Balaban J connectivity index is 2.46. The van der Waals surface area contributed by atoms with Crippen LogP contribution in [0.5, 0.6) is 0 Å². The Morgan fingerprint density at radius 1 is 1.30 bits per heavy atom. The number of unbranched alkanes of at least 4 members (excludes halogenated alkanes) is 1. The van der Waals surface area contributed by atoms with E-state index in [1.54, 1.807) is 0 Å². The molecule has 0 bridgehead atoms. The third-order valence-corrected chi connectivity index (χ3v) is 4.16. The predicted molar refractivity (Wildman–Crippen MR) is 89.4 cm³/mol. The molecule has 0 saturated heterocycles. The van der Waals surface area contributed by atoms with Crippen LogP contribution in [0.3, 0.4) is 0 Å². The van der Waals surface area contributed by atoms with Gasteiger partial charge in [0.25, 0.3) is 0 Å². The normalized spacial score (nSPS) is 13.4. The topological polar surface area (TPSA) is 32.3 Å². The number of hydrogen-bond donors (Lipinski definition) is 2. The Hall–Kier alpha value is -0.510. The number of thioether (sulfide) groups is 1. The van der Waals surface area contributed by atoms with Crippen molar-refractivity contribution < 1.29 is 5.11 Å². The van der Waals surface area contributed by atoms with Crippen LogP contribution < -0.4 is 5.32 Å². The van der Waals surface area contributed by atoms with Crippen molar-refractivity contribution in [3.8, 4) is 0 Å². The van der Waals surface area contributed by atoms with Gasteiger partial charge in [0.05, 0.1) is 6.10 Å². The number of nitrogens with one attached hydrogen (secondary N) is 1. The van der Waals surface area contributed by atoms with Gasteiger partial charge in [-0.25, -0.2) is 0 Å². The molecule has 0 aliphatic carbocycles. The molecule has 1 rings (SSSR count). The van der Waals surface area contributed by atoms with Gasteiger partial charge in [-0.05, 0) is 63.6 Å². The van der Waals surface area contributed by atoms with Crippen molar-refractivity contribution in [2.45, 2.75) is 63.5 Å². The molecule has 1 aromatic rings. The van der Waals surface area contributed by atoms with Crippen molar-refractivity contribution in [2.24, 2.45) is 0 Å². The first-order chi connectivity index (χ1) is 9.42. The van der Waals surface area contributed by atoms with E-state index in [1.807, 2.05) is 23.9 Å². The third kappa shape index (κ3) is 7.32. The number of benzene rings is 1. The van der Waals surface area contributed by atoms with Crippen molar-refractivity contribution in [1.29, 1.82) is 0 Å². The average Bonchev–Trinajstić information content (AvgIpc) is 2.38. The van der Waals surface area contributed by atoms with Gasteiger partial charge in [0.2, 0.25) is 0 Å². The molecule has 1 unspecified atom stereocenters. The van der Waals surface area contributed by atoms with Crippen LogP contribution in [0.15, 0.2) is 29.2 Å². The van der Waals surface area contributed by atoms with Crippen LogP contribution >= 0.6 is 11.8 Å². The number of hydrogen-bond acceptors (Lipinski definition) is 3. The Bertz CT molecular complexity index is 387. The maximum Gasteiger partial charge on any atom is 0.0802 e. The molecule has 0 radical (unpaired) electrons. The van der Waals surface area contributed by atoms with Gasteiger partial charge in [0.15, 0.2) is 0 Å². The van der Waals surface area contributed by atoms with Gasteiger partial charge in [0.1, 0.15) is 0 Å². The quantitative estimate of drug-likeness (QED) is 0.551. The smallest absolute Gasteiger partial charge is 0.0802 e. The zero-order chi connectivity index (χ0) is 15.0. The molecule has 114 valence electrons. The van der Waals surface area contributed by atoms with E-state index in [2.05, 4.69) is 45.1 Å². The van der Waals surface area contributed by atoms with Gasteiger partial charge >= 0.3 is 0 Å². The maximum atomic E-state index is 10.3. The summed E-state index contributed by atoms with van der Waals surface area (Å²) in [6.45, 7) is 9.47. The van der Waals surface area contributed by atoms with Crippen molar-refractivity contribution >= 4 is 11.8 Å². The molecule has 3 heteroatoms. The standard InChI is InChI=1S/C17H29NOS/c1-5-6-12-20-15-9-7-8-14(13-15)16(19)10-11-18-17(2,3)4/h7-9,13,16,18-19H,5-6,10-12H2,1-4H3. The molecule has 0 saturated carbocycles. The molecular weight excluding hydrogens is 266 g/mol. The Morgan fingerprint density at radius 2 is 2.05 bits per heavy atom. The van der Waals surface area contributed by atoms with Crippen molar-refractivity contribution in [2.75, 3.05) is 12.3 Å². The molecule has 2 N–H and O–H groups in total. The Labute approximate surface area is 128 Å². The van der Waals surface area contributed by atoms with E-state index in [0.717, 1.165) is 24.3 Å². The summed E-state index contributed by atoms with van der Waals surface area (Å²) in [5.74, 6) is 1.15. The lowest BCUT2D eigenvalue weighted by Crippen LogP contribution is -2.36. The van der Waals surface area contributed by atoms with E-state index in [1.165, 1.54) is 17.7 Å². The predicted octanol–water partition coefficient (Wildman–Crippen LogP) is 4.39. The van der Waals surface area contributed by atoms with Crippen LogP contribution in [0.1, 0.15) is 58.6 Å². The lowest BCUT2D eigenvalue weighted by molar-refractivity contribution is 0.163. The van der Waals surface area contributed by atoms with E-state index in [0.29, 0.717) is 0 Å². The molecule has 2 nitrogen and oxygen atoms in total. The van der Waals surface area contributed by atoms with Gasteiger partial charge in [-0.15, -0.1) is 11.8 Å². The second-order valence-corrected chi connectivity index (χ2v) is 7.42. The first-order valence-corrected chi connectivity index (χ1v) is 8.57. The minimum absolute atomic E-state index is 0.109. The highest BCUT2D eigenvalue weighted by Crippen LogP contribution is 2.24. The van der Waals surface area contributed by atoms with E-state index in [9.17, 15) is 5.11 Å². The largest absolute Gasteiger partial charge is 0.388 e. The van der Waals surface area contributed by atoms with Crippen LogP contribution in [0, 0.1) is 0 Å². The van der Waals surface area contributed by atoms with Crippen LogP contribution in [0.25, 0.3) is 0 Å². The highest BCUT2D eigenvalue weighted by molar-refractivity contribution is 7.99. The zero-order valence-corrected chi connectivity index (χ0v) is 14.1. The Kier molecular flexibility index (Phi) is 7.63. The van der Waals surface area contributed by atoms with Crippen LogP contribution in [-0.2, 0) is 0 Å². The first-order valence-electron chi connectivity index (χ1n) is 7.58. The molecular formula is C17H29NOS. The number of aliphatic hydroxyl groups is 1. The van der Waals surface area contributed by atoms with E-state index < -0.39 is 0 Å². The molecule has 0 amide bonds. The summed E-state index contributed by atoms with van der Waals surface area (Å²) in [6.07, 6.45) is 2.85. The minimum atomic E-state index is -0.378. The van der Waals surface area contributed by atoms with Crippen LogP contribution in [0.4, 0.5) is 0 Å². The van der Waals surface area contributed by atoms with E-state index in [4.69, 9.17) is 0 Å². The summed E-state index contributed by atoms with van der Waals surface area (Å²) in [5, 5.41) is 13.7. The lowest BCUT2D eigenvalue weighted by atomic mass is 10.1. The second kappa shape index (κ2) is 8.71.